The van der Waals surface area contributed by atoms with Gasteiger partial charge in [-0.15, -0.1) is 0 Å². The number of β-amino-alcohol motifs (C(OH)–C–C–N with tert-alkyl or cyclic N) is 1. The number of pyridine rings is 1. The molecule has 0 saturated carbocycles. The van der Waals surface area contributed by atoms with Crippen molar-refractivity contribution in [1.82, 2.24) is 4.98 Å². The van der Waals surface area contributed by atoms with Crippen molar-refractivity contribution in [3.63, 3.8) is 0 Å². The minimum Gasteiger partial charge on any atom is -0.389 e. The van der Waals surface area contributed by atoms with Crippen LogP contribution in [-0.2, 0) is 4.74 Å². The molecule has 1 aromatic heterocycles. The van der Waals surface area contributed by atoms with Crippen LogP contribution < -0.4 is 4.90 Å². The van der Waals surface area contributed by atoms with E-state index in [9.17, 15) is 5.11 Å². The summed E-state index contributed by atoms with van der Waals surface area (Å²) in [7, 11) is 0. The highest BCUT2D eigenvalue weighted by molar-refractivity contribution is 5.44. The third-order valence-electron chi connectivity index (χ3n) is 2.51. The number of ether oxygens (including phenoxy) is 1. The lowest BCUT2D eigenvalue weighted by molar-refractivity contribution is 0.0597. The molecular weight excluding hydrogens is 216 g/mol. The van der Waals surface area contributed by atoms with Gasteiger partial charge in [-0.3, -0.25) is 4.98 Å². The molecule has 2 heterocycles. The fourth-order valence-corrected chi connectivity index (χ4v) is 1.67. The summed E-state index contributed by atoms with van der Waals surface area (Å²) in [4.78, 5) is 6.35. The standard InChI is InChI=1S/C11H16N2O2.C2H6/c1-9-2-3-10(6-12-9)13-4-5-15-8-11(14)7-13;1-2/h2-3,6,11,14H,4-5,7-8H2,1H3;1-2H3. The number of hydrogen-bond acceptors (Lipinski definition) is 4. The van der Waals surface area contributed by atoms with Crippen LogP contribution in [0, 0.1) is 6.92 Å². The van der Waals surface area contributed by atoms with Gasteiger partial charge in [-0.2, -0.15) is 0 Å². The maximum Gasteiger partial charge on any atom is 0.0948 e. The number of aryl methyl sites for hydroxylation is 1. The van der Waals surface area contributed by atoms with E-state index in [1.165, 1.54) is 0 Å². The van der Waals surface area contributed by atoms with Crippen LogP contribution in [0.1, 0.15) is 19.5 Å². The summed E-state index contributed by atoms with van der Waals surface area (Å²) in [5.41, 5.74) is 2.05. The van der Waals surface area contributed by atoms with Gasteiger partial charge in [-0.25, -0.2) is 0 Å². The molecule has 4 heteroatoms. The van der Waals surface area contributed by atoms with Gasteiger partial charge in [0.25, 0.3) is 0 Å². The fourth-order valence-electron chi connectivity index (χ4n) is 1.67. The van der Waals surface area contributed by atoms with Crippen molar-refractivity contribution in [2.24, 2.45) is 0 Å². The third kappa shape index (κ3) is 4.32. The molecule has 1 aromatic rings. The SMILES string of the molecule is CC.Cc1ccc(N2CCOCC(O)C2)cn1. The van der Waals surface area contributed by atoms with Gasteiger partial charge in [0.15, 0.2) is 0 Å². The number of hydrogen-bond donors (Lipinski definition) is 1. The number of aliphatic hydroxyl groups excluding tert-OH is 1. The van der Waals surface area contributed by atoms with Crippen LogP contribution in [0.15, 0.2) is 18.3 Å². The first kappa shape index (κ1) is 13.9. The van der Waals surface area contributed by atoms with Gasteiger partial charge < -0.3 is 14.7 Å². The van der Waals surface area contributed by atoms with Gasteiger partial charge >= 0.3 is 0 Å². The summed E-state index contributed by atoms with van der Waals surface area (Å²) in [5, 5.41) is 9.59. The number of aromatic nitrogens is 1. The average molecular weight is 238 g/mol. The summed E-state index contributed by atoms with van der Waals surface area (Å²) >= 11 is 0. The molecule has 17 heavy (non-hydrogen) atoms. The predicted octanol–water partition coefficient (Wildman–Crippen LogP) is 1.61. The zero-order chi connectivity index (χ0) is 12.7. The van der Waals surface area contributed by atoms with Crippen molar-refractivity contribution in [2.45, 2.75) is 26.9 Å². The predicted molar refractivity (Wildman–Crippen MR) is 69.4 cm³/mol. The van der Waals surface area contributed by atoms with Crippen LogP contribution >= 0.6 is 0 Å². The number of aliphatic hydroxyl groups is 1. The Labute approximate surface area is 103 Å². The fraction of sp³-hybridized carbons (Fsp3) is 0.615. The largest absolute Gasteiger partial charge is 0.389 e. The monoisotopic (exact) mass is 238 g/mol. The first-order chi connectivity index (χ1) is 8.25. The van der Waals surface area contributed by atoms with E-state index in [0.29, 0.717) is 19.8 Å². The van der Waals surface area contributed by atoms with Crippen LogP contribution in [0.3, 0.4) is 0 Å². The van der Waals surface area contributed by atoms with E-state index in [1.54, 1.807) is 0 Å². The quantitative estimate of drug-likeness (QED) is 0.807. The smallest absolute Gasteiger partial charge is 0.0948 e. The molecule has 1 saturated heterocycles. The van der Waals surface area contributed by atoms with E-state index >= 15 is 0 Å². The molecule has 1 aliphatic heterocycles. The molecule has 0 bridgehead atoms. The van der Waals surface area contributed by atoms with Gasteiger partial charge in [0.1, 0.15) is 0 Å². The van der Waals surface area contributed by atoms with Gasteiger partial charge in [-0.05, 0) is 19.1 Å². The number of anilines is 1. The Morgan fingerprint density at radius 2 is 2.18 bits per heavy atom. The van der Waals surface area contributed by atoms with Crippen LogP contribution in [0.5, 0.6) is 0 Å². The summed E-state index contributed by atoms with van der Waals surface area (Å²) in [6, 6.07) is 4.01. The summed E-state index contributed by atoms with van der Waals surface area (Å²) < 4.78 is 5.27. The van der Waals surface area contributed by atoms with Gasteiger partial charge in [-0.1, -0.05) is 13.8 Å². The lowest BCUT2D eigenvalue weighted by Gasteiger charge is -2.23. The second-order valence-corrected chi connectivity index (χ2v) is 3.83. The Kier molecular flexibility index (Phi) is 5.94. The van der Waals surface area contributed by atoms with Crippen LogP contribution in [0.4, 0.5) is 5.69 Å². The summed E-state index contributed by atoms with van der Waals surface area (Å²) in [6.45, 7) is 8.47. The molecule has 0 aromatic carbocycles. The Morgan fingerprint density at radius 1 is 1.41 bits per heavy atom. The second-order valence-electron chi connectivity index (χ2n) is 3.83. The molecular formula is C13H22N2O2. The molecule has 1 fully saturated rings. The zero-order valence-corrected chi connectivity index (χ0v) is 10.9. The minimum absolute atomic E-state index is 0.409. The minimum atomic E-state index is -0.409. The molecule has 1 atom stereocenters. The Hall–Kier alpha value is -1.13. The molecule has 2 rings (SSSR count). The Balaban J connectivity index is 0.000000686. The van der Waals surface area contributed by atoms with Crippen molar-refractivity contribution >= 4 is 5.69 Å². The van der Waals surface area contributed by atoms with Crippen molar-refractivity contribution in [2.75, 3.05) is 31.2 Å². The highest BCUT2D eigenvalue weighted by atomic mass is 16.5. The third-order valence-corrected chi connectivity index (χ3v) is 2.51. The topological polar surface area (TPSA) is 45.6 Å². The van der Waals surface area contributed by atoms with Crippen molar-refractivity contribution in [3.8, 4) is 0 Å². The molecule has 4 nitrogen and oxygen atoms in total. The van der Waals surface area contributed by atoms with Gasteiger partial charge in [0.05, 0.1) is 31.2 Å². The maximum atomic E-state index is 9.59. The molecule has 96 valence electrons. The van der Waals surface area contributed by atoms with Crippen molar-refractivity contribution in [1.29, 1.82) is 0 Å². The zero-order valence-electron chi connectivity index (χ0n) is 10.9. The summed E-state index contributed by atoms with van der Waals surface area (Å²) in [6.07, 6.45) is 1.43. The van der Waals surface area contributed by atoms with Gasteiger partial charge in [0, 0.05) is 18.8 Å². The summed E-state index contributed by atoms with van der Waals surface area (Å²) in [5.74, 6) is 0. The highest BCUT2D eigenvalue weighted by Gasteiger charge is 2.16. The van der Waals surface area contributed by atoms with E-state index in [1.807, 2.05) is 39.1 Å². The second kappa shape index (κ2) is 7.25. The molecule has 0 spiro atoms. The van der Waals surface area contributed by atoms with Crippen LogP contribution in [0.25, 0.3) is 0 Å². The average Bonchev–Trinajstić information content (AvgIpc) is 2.57. The lowest BCUT2D eigenvalue weighted by atomic mass is 10.3. The lowest BCUT2D eigenvalue weighted by Crippen LogP contribution is -2.32. The molecule has 0 amide bonds. The Bertz CT molecular complexity index is 314. The highest BCUT2D eigenvalue weighted by Crippen LogP contribution is 2.14. The first-order valence-electron chi connectivity index (χ1n) is 6.19. The van der Waals surface area contributed by atoms with Crippen LogP contribution in [-0.4, -0.2) is 42.5 Å². The van der Waals surface area contributed by atoms with Crippen molar-refractivity contribution < 1.29 is 9.84 Å². The van der Waals surface area contributed by atoms with Crippen molar-refractivity contribution in [3.05, 3.63) is 24.0 Å². The number of nitrogens with zero attached hydrogens (tertiary/aromatic N) is 2. The van der Waals surface area contributed by atoms with E-state index in [2.05, 4.69) is 9.88 Å². The molecule has 1 aliphatic rings. The number of rotatable bonds is 1. The normalized spacial score (nSPS) is 20.2. The van der Waals surface area contributed by atoms with E-state index in [-0.39, 0.29) is 0 Å². The first-order valence-corrected chi connectivity index (χ1v) is 6.19. The van der Waals surface area contributed by atoms with E-state index in [0.717, 1.165) is 17.9 Å². The van der Waals surface area contributed by atoms with E-state index in [4.69, 9.17) is 4.74 Å². The Morgan fingerprint density at radius 3 is 2.82 bits per heavy atom. The molecule has 0 radical (unpaired) electrons. The van der Waals surface area contributed by atoms with Gasteiger partial charge in [0.2, 0.25) is 0 Å². The molecule has 0 aliphatic carbocycles. The van der Waals surface area contributed by atoms with E-state index < -0.39 is 6.10 Å². The van der Waals surface area contributed by atoms with Crippen LogP contribution in [0.2, 0.25) is 0 Å². The maximum absolute atomic E-state index is 9.59. The molecule has 1 N–H and O–H groups in total. The molecule has 1 unspecified atom stereocenters.